The van der Waals surface area contributed by atoms with Gasteiger partial charge in [-0.15, -0.1) is 0 Å². The molecule has 0 unspecified atom stereocenters. The predicted octanol–water partition coefficient (Wildman–Crippen LogP) is 2.74. The Kier molecular flexibility index (Phi) is 3.33. The first-order chi connectivity index (χ1) is 8.13. The number of hydrogen-bond donors (Lipinski definition) is 1. The molecule has 0 aromatic heterocycles. The van der Waals surface area contributed by atoms with Crippen molar-refractivity contribution >= 4 is 0 Å². The van der Waals surface area contributed by atoms with Gasteiger partial charge in [-0.25, -0.2) is 8.78 Å². The van der Waals surface area contributed by atoms with E-state index >= 15 is 0 Å². The minimum atomic E-state index is -0.879. The minimum Gasteiger partial charge on any atom is -0.496 e. The van der Waals surface area contributed by atoms with Gasteiger partial charge in [0.25, 0.3) is 0 Å². The maximum Gasteiger partial charge on any atom is 0.162 e. The van der Waals surface area contributed by atoms with E-state index in [1.165, 1.54) is 13.2 Å². The van der Waals surface area contributed by atoms with Crippen molar-refractivity contribution in [2.45, 2.75) is 31.1 Å². The number of ether oxygens (including phenoxy) is 1. The monoisotopic (exact) mass is 241 g/mol. The summed E-state index contributed by atoms with van der Waals surface area (Å²) in [5, 5.41) is 0. The van der Waals surface area contributed by atoms with Crippen molar-refractivity contribution in [1.29, 1.82) is 0 Å². The van der Waals surface area contributed by atoms with Crippen LogP contribution in [0.3, 0.4) is 0 Å². The van der Waals surface area contributed by atoms with Crippen molar-refractivity contribution in [2.24, 2.45) is 5.73 Å². The third kappa shape index (κ3) is 2.02. The van der Waals surface area contributed by atoms with Crippen LogP contribution >= 0.6 is 0 Å². The summed E-state index contributed by atoms with van der Waals surface area (Å²) < 4.78 is 31.7. The van der Waals surface area contributed by atoms with Gasteiger partial charge in [0.15, 0.2) is 11.6 Å². The Morgan fingerprint density at radius 3 is 2.35 bits per heavy atom. The number of nitrogens with two attached hydrogens (primary N) is 1. The van der Waals surface area contributed by atoms with Gasteiger partial charge in [-0.3, -0.25) is 0 Å². The van der Waals surface area contributed by atoms with Crippen LogP contribution in [-0.4, -0.2) is 13.7 Å². The van der Waals surface area contributed by atoms with Gasteiger partial charge in [0.1, 0.15) is 5.75 Å². The SMILES string of the molecule is COc1cc(F)c(F)cc1C1(CN)CCCC1. The lowest BCUT2D eigenvalue weighted by atomic mass is 9.78. The fourth-order valence-electron chi connectivity index (χ4n) is 2.75. The summed E-state index contributed by atoms with van der Waals surface area (Å²) in [5.41, 5.74) is 6.30. The minimum absolute atomic E-state index is 0.250. The molecule has 1 aromatic carbocycles. The molecule has 0 radical (unpaired) electrons. The second kappa shape index (κ2) is 4.61. The van der Waals surface area contributed by atoms with E-state index in [2.05, 4.69) is 0 Å². The van der Waals surface area contributed by atoms with Crippen molar-refractivity contribution in [3.05, 3.63) is 29.3 Å². The summed E-state index contributed by atoms with van der Waals surface area (Å²) in [6.45, 7) is 0.439. The van der Waals surface area contributed by atoms with Crippen molar-refractivity contribution in [1.82, 2.24) is 0 Å². The van der Waals surface area contributed by atoms with E-state index in [9.17, 15) is 8.78 Å². The fourth-order valence-corrected chi connectivity index (χ4v) is 2.75. The summed E-state index contributed by atoms with van der Waals surface area (Å²) >= 11 is 0. The van der Waals surface area contributed by atoms with E-state index in [1.54, 1.807) is 0 Å². The molecule has 0 amide bonds. The highest BCUT2D eigenvalue weighted by Crippen LogP contribution is 2.44. The predicted molar refractivity (Wildman–Crippen MR) is 62.1 cm³/mol. The second-order valence-corrected chi connectivity index (χ2v) is 4.66. The van der Waals surface area contributed by atoms with Crippen molar-refractivity contribution in [2.75, 3.05) is 13.7 Å². The number of hydrogen-bond acceptors (Lipinski definition) is 2. The highest BCUT2D eigenvalue weighted by atomic mass is 19.2. The summed E-state index contributed by atoms with van der Waals surface area (Å²) in [6, 6.07) is 2.35. The van der Waals surface area contributed by atoms with E-state index in [-0.39, 0.29) is 5.41 Å². The molecule has 0 heterocycles. The Morgan fingerprint density at radius 1 is 1.24 bits per heavy atom. The third-order valence-corrected chi connectivity index (χ3v) is 3.77. The molecule has 1 fully saturated rings. The zero-order chi connectivity index (χ0) is 12.5. The van der Waals surface area contributed by atoms with Gasteiger partial charge in [-0.05, 0) is 18.9 Å². The third-order valence-electron chi connectivity index (χ3n) is 3.77. The Hall–Kier alpha value is -1.16. The zero-order valence-corrected chi connectivity index (χ0v) is 9.93. The van der Waals surface area contributed by atoms with Crippen LogP contribution in [0.15, 0.2) is 12.1 Å². The van der Waals surface area contributed by atoms with E-state index in [4.69, 9.17) is 10.5 Å². The molecule has 17 heavy (non-hydrogen) atoms. The molecule has 0 atom stereocenters. The maximum absolute atomic E-state index is 13.4. The van der Waals surface area contributed by atoms with E-state index in [1.807, 2.05) is 0 Å². The maximum atomic E-state index is 13.4. The molecule has 2 nitrogen and oxygen atoms in total. The molecule has 0 spiro atoms. The summed E-state index contributed by atoms with van der Waals surface area (Å²) in [7, 11) is 1.47. The van der Waals surface area contributed by atoms with Crippen molar-refractivity contribution < 1.29 is 13.5 Å². The second-order valence-electron chi connectivity index (χ2n) is 4.66. The van der Waals surface area contributed by atoms with Crippen molar-refractivity contribution in [3.63, 3.8) is 0 Å². The number of halogens is 2. The molecule has 1 aliphatic carbocycles. The average Bonchev–Trinajstić information content (AvgIpc) is 2.82. The molecule has 4 heteroatoms. The van der Waals surface area contributed by atoms with E-state index < -0.39 is 11.6 Å². The Morgan fingerprint density at radius 2 is 1.82 bits per heavy atom. The van der Waals surface area contributed by atoms with Crippen LogP contribution in [0, 0.1) is 11.6 Å². The molecular formula is C13H17F2NO. The molecule has 1 aliphatic rings. The average molecular weight is 241 g/mol. The molecule has 94 valence electrons. The van der Waals surface area contributed by atoms with Crippen LogP contribution < -0.4 is 10.5 Å². The number of rotatable bonds is 3. The fraction of sp³-hybridized carbons (Fsp3) is 0.538. The summed E-state index contributed by atoms with van der Waals surface area (Å²) in [4.78, 5) is 0. The first kappa shape index (κ1) is 12.3. The van der Waals surface area contributed by atoms with E-state index in [0.29, 0.717) is 17.9 Å². The highest BCUT2D eigenvalue weighted by molar-refractivity contribution is 5.41. The normalized spacial score (nSPS) is 18.4. The highest BCUT2D eigenvalue weighted by Gasteiger charge is 2.37. The molecule has 0 aliphatic heterocycles. The molecular weight excluding hydrogens is 224 g/mol. The largest absolute Gasteiger partial charge is 0.496 e. The standard InChI is InChI=1S/C13H17F2NO/c1-17-12-7-11(15)10(14)6-9(12)13(8-16)4-2-3-5-13/h6-7H,2-5,8,16H2,1H3. The lowest BCUT2D eigenvalue weighted by Crippen LogP contribution is -2.32. The van der Waals surface area contributed by atoms with Gasteiger partial charge < -0.3 is 10.5 Å². The molecule has 2 N–H and O–H groups in total. The van der Waals surface area contributed by atoms with Gasteiger partial charge in [-0.1, -0.05) is 12.8 Å². The van der Waals surface area contributed by atoms with Gasteiger partial charge in [0, 0.05) is 23.6 Å². The summed E-state index contributed by atoms with van der Waals surface area (Å²) in [5.74, 6) is -1.31. The Bertz CT molecular complexity index is 414. The van der Waals surface area contributed by atoms with E-state index in [0.717, 1.165) is 31.7 Å². The molecule has 1 aromatic rings. The molecule has 0 bridgehead atoms. The first-order valence-electron chi connectivity index (χ1n) is 5.86. The van der Waals surface area contributed by atoms with Crippen LogP contribution in [0.1, 0.15) is 31.2 Å². The van der Waals surface area contributed by atoms with Crippen LogP contribution in [0.2, 0.25) is 0 Å². The van der Waals surface area contributed by atoms with Crippen LogP contribution in [0.5, 0.6) is 5.75 Å². The van der Waals surface area contributed by atoms with Crippen molar-refractivity contribution in [3.8, 4) is 5.75 Å². The van der Waals surface area contributed by atoms with Crippen LogP contribution in [0.4, 0.5) is 8.78 Å². The molecule has 1 saturated carbocycles. The van der Waals surface area contributed by atoms with Gasteiger partial charge in [0.2, 0.25) is 0 Å². The number of methoxy groups -OCH3 is 1. The van der Waals surface area contributed by atoms with Gasteiger partial charge in [-0.2, -0.15) is 0 Å². The summed E-state index contributed by atoms with van der Waals surface area (Å²) in [6.07, 6.45) is 3.95. The van der Waals surface area contributed by atoms with Crippen LogP contribution in [-0.2, 0) is 5.41 Å². The van der Waals surface area contributed by atoms with Gasteiger partial charge in [0.05, 0.1) is 7.11 Å². The Balaban J connectivity index is 2.52. The first-order valence-corrected chi connectivity index (χ1v) is 5.86. The smallest absolute Gasteiger partial charge is 0.162 e. The topological polar surface area (TPSA) is 35.2 Å². The molecule has 2 rings (SSSR count). The number of benzene rings is 1. The zero-order valence-electron chi connectivity index (χ0n) is 9.93. The lowest BCUT2D eigenvalue weighted by Gasteiger charge is -2.29. The molecule has 0 saturated heterocycles. The quantitative estimate of drug-likeness (QED) is 0.883. The van der Waals surface area contributed by atoms with Crippen LogP contribution in [0.25, 0.3) is 0 Å². The Labute approximate surface area is 99.8 Å². The lowest BCUT2D eigenvalue weighted by molar-refractivity contribution is 0.369. The van der Waals surface area contributed by atoms with Gasteiger partial charge >= 0.3 is 0 Å².